The highest BCUT2D eigenvalue weighted by Crippen LogP contribution is 2.23. The molecule has 0 saturated carbocycles. The molecule has 0 aliphatic carbocycles. The van der Waals surface area contributed by atoms with Crippen molar-refractivity contribution >= 4 is 5.91 Å². The number of rotatable bonds is 4. The van der Waals surface area contributed by atoms with Gasteiger partial charge in [0.25, 0.3) is 5.91 Å². The SMILES string of the molecule is CNCC1CCCCN1C(=O)c1ccc(F)c(OC)c1. The zero-order valence-corrected chi connectivity index (χ0v) is 12.0. The summed E-state index contributed by atoms with van der Waals surface area (Å²) in [5.41, 5.74) is 0.478. The van der Waals surface area contributed by atoms with Gasteiger partial charge in [0.15, 0.2) is 11.6 Å². The first-order valence-corrected chi connectivity index (χ1v) is 6.96. The minimum absolute atomic E-state index is 0.0525. The van der Waals surface area contributed by atoms with Crippen LogP contribution in [0.2, 0.25) is 0 Å². The van der Waals surface area contributed by atoms with E-state index >= 15 is 0 Å². The first-order chi connectivity index (χ1) is 9.67. The van der Waals surface area contributed by atoms with Crippen LogP contribution in [-0.2, 0) is 0 Å². The summed E-state index contributed by atoms with van der Waals surface area (Å²) in [6, 6.07) is 4.48. The second-order valence-corrected chi connectivity index (χ2v) is 5.06. The molecule has 1 amide bonds. The second kappa shape index (κ2) is 6.70. The van der Waals surface area contributed by atoms with Gasteiger partial charge in [-0.05, 0) is 44.5 Å². The van der Waals surface area contributed by atoms with Gasteiger partial charge in [-0.2, -0.15) is 0 Å². The fraction of sp³-hybridized carbons (Fsp3) is 0.533. The monoisotopic (exact) mass is 280 g/mol. The first-order valence-electron chi connectivity index (χ1n) is 6.96. The number of ether oxygens (including phenoxy) is 1. The van der Waals surface area contributed by atoms with Crippen LogP contribution >= 0.6 is 0 Å². The molecule has 20 heavy (non-hydrogen) atoms. The summed E-state index contributed by atoms with van der Waals surface area (Å²) in [6.45, 7) is 1.54. The smallest absolute Gasteiger partial charge is 0.254 e. The summed E-state index contributed by atoms with van der Waals surface area (Å²) < 4.78 is 18.4. The van der Waals surface area contributed by atoms with Gasteiger partial charge < -0.3 is 15.0 Å². The van der Waals surface area contributed by atoms with Gasteiger partial charge in [-0.1, -0.05) is 0 Å². The topological polar surface area (TPSA) is 41.6 Å². The van der Waals surface area contributed by atoms with Crippen LogP contribution in [0.5, 0.6) is 5.75 Å². The Bertz CT molecular complexity index is 477. The summed E-state index contributed by atoms with van der Waals surface area (Å²) in [4.78, 5) is 14.5. The Morgan fingerprint density at radius 1 is 1.50 bits per heavy atom. The minimum atomic E-state index is -0.450. The lowest BCUT2D eigenvalue weighted by Crippen LogP contribution is -2.48. The van der Waals surface area contributed by atoms with E-state index in [9.17, 15) is 9.18 Å². The number of hydrogen-bond acceptors (Lipinski definition) is 3. The Morgan fingerprint density at radius 2 is 2.30 bits per heavy atom. The molecule has 0 radical (unpaired) electrons. The molecule has 1 aliphatic heterocycles. The predicted octanol–water partition coefficient (Wildman–Crippen LogP) is 2.05. The molecule has 1 atom stereocenters. The fourth-order valence-corrected chi connectivity index (χ4v) is 2.67. The number of benzene rings is 1. The highest BCUT2D eigenvalue weighted by atomic mass is 19.1. The maximum Gasteiger partial charge on any atom is 0.254 e. The largest absolute Gasteiger partial charge is 0.494 e. The lowest BCUT2D eigenvalue weighted by atomic mass is 10.0. The van der Waals surface area contributed by atoms with E-state index in [1.807, 2.05) is 11.9 Å². The van der Waals surface area contributed by atoms with Crippen LogP contribution in [-0.4, -0.2) is 44.1 Å². The highest BCUT2D eigenvalue weighted by molar-refractivity contribution is 5.95. The second-order valence-electron chi connectivity index (χ2n) is 5.06. The molecule has 1 saturated heterocycles. The number of carbonyl (C=O) groups excluding carboxylic acids is 1. The van der Waals surface area contributed by atoms with E-state index in [-0.39, 0.29) is 17.7 Å². The normalized spacial score (nSPS) is 18.9. The van der Waals surface area contributed by atoms with Crippen molar-refractivity contribution in [3.8, 4) is 5.75 Å². The van der Waals surface area contributed by atoms with E-state index in [4.69, 9.17) is 4.74 Å². The van der Waals surface area contributed by atoms with Gasteiger partial charge in [0.2, 0.25) is 0 Å². The molecule has 1 aliphatic rings. The molecule has 0 spiro atoms. The Morgan fingerprint density at radius 3 is 3.00 bits per heavy atom. The molecule has 1 N–H and O–H groups in total. The van der Waals surface area contributed by atoms with Crippen molar-refractivity contribution in [1.82, 2.24) is 10.2 Å². The molecule has 1 aromatic rings. The maximum atomic E-state index is 13.4. The zero-order valence-electron chi connectivity index (χ0n) is 12.0. The number of amides is 1. The van der Waals surface area contributed by atoms with Gasteiger partial charge in [-0.25, -0.2) is 4.39 Å². The molecule has 1 fully saturated rings. The van der Waals surface area contributed by atoms with Crippen LogP contribution in [0, 0.1) is 5.82 Å². The Kier molecular flexibility index (Phi) is 4.95. The van der Waals surface area contributed by atoms with Crippen molar-refractivity contribution in [2.45, 2.75) is 25.3 Å². The van der Waals surface area contributed by atoms with E-state index in [2.05, 4.69) is 5.32 Å². The van der Waals surface area contributed by atoms with Gasteiger partial charge in [-0.3, -0.25) is 4.79 Å². The summed E-state index contributed by atoms with van der Waals surface area (Å²) in [6.07, 6.45) is 3.16. The van der Waals surface area contributed by atoms with Crippen LogP contribution in [0.4, 0.5) is 4.39 Å². The number of likely N-dealkylation sites (N-methyl/N-ethyl adjacent to an activating group) is 1. The van der Waals surface area contributed by atoms with Gasteiger partial charge in [0.1, 0.15) is 0 Å². The Balaban J connectivity index is 2.20. The molecule has 4 nitrogen and oxygen atoms in total. The lowest BCUT2D eigenvalue weighted by molar-refractivity contribution is 0.0614. The Labute approximate surface area is 118 Å². The van der Waals surface area contributed by atoms with Gasteiger partial charge in [0.05, 0.1) is 7.11 Å². The number of piperidine rings is 1. The van der Waals surface area contributed by atoms with E-state index < -0.39 is 5.82 Å². The third-order valence-corrected chi connectivity index (χ3v) is 3.73. The van der Waals surface area contributed by atoms with Crippen LogP contribution < -0.4 is 10.1 Å². The summed E-state index contributed by atoms with van der Waals surface area (Å²) in [5.74, 6) is -0.393. The summed E-state index contributed by atoms with van der Waals surface area (Å²) in [7, 11) is 3.29. The first kappa shape index (κ1) is 14.8. The maximum absolute atomic E-state index is 13.4. The number of nitrogens with one attached hydrogen (secondary N) is 1. The van der Waals surface area contributed by atoms with E-state index in [0.29, 0.717) is 5.56 Å². The predicted molar refractivity (Wildman–Crippen MR) is 75.6 cm³/mol. The van der Waals surface area contributed by atoms with Crippen molar-refractivity contribution in [1.29, 1.82) is 0 Å². The van der Waals surface area contributed by atoms with E-state index in [1.54, 1.807) is 0 Å². The van der Waals surface area contributed by atoms with E-state index in [0.717, 1.165) is 32.4 Å². The van der Waals surface area contributed by atoms with Crippen LogP contribution in [0.15, 0.2) is 18.2 Å². The Hall–Kier alpha value is -1.62. The van der Waals surface area contributed by atoms with Crippen molar-refractivity contribution in [3.05, 3.63) is 29.6 Å². The zero-order chi connectivity index (χ0) is 14.5. The standard InChI is InChI=1S/C15H21FN2O2/c1-17-10-12-5-3-4-8-18(12)15(19)11-6-7-13(16)14(9-11)20-2/h6-7,9,12,17H,3-5,8,10H2,1-2H3. The van der Waals surface area contributed by atoms with Crippen molar-refractivity contribution in [3.63, 3.8) is 0 Å². The number of halogens is 1. The third-order valence-electron chi connectivity index (χ3n) is 3.73. The van der Waals surface area contributed by atoms with Crippen molar-refractivity contribution in [2.24, 2.45) is 0 Å². The quantitative estimate of drug-likeness (QED) is 0.918. The summed E-state index contributed by atoms with van der Waals surface area (Å²) in [5, 5.41) is 3.13. The van der Waals surface area contributed by atoms with E-state index in [1.165, 1.54) is 25.3 Å². The minimum Gasteiger partial charge on any atom is -0.494 e. The molecule has 1 heterocycles. The van der Waals surface area contributed by atoms with Crippen LogP contribution in [0.3, 0.4) is 0 Å². The highest BCUT2D eigenvalue weighted by Gasteiger charge is 2.27. The molecule has 0 aromatic heterocycles. The molecule has 1 aromatic carbocycles. The van der Waals surface area contributed by atoms with Gasteiger partial charge in [0, 0.05) is 24.7 Å². The molecule has 1 unspecified atom stereocenters. The average Bonchev–Trinajstić information content (AvgIpc) is 2.48. The average molecular weight is 280 g/mol. The summed E-state index contributed by atoms with van der Waals surface area (Å²) >= 11 is 0. The van der Waals surface area contributed by atoms with Crippen molar-refractivity contribution < 1.29 is 13.9 Å². The number of hydrogen-bond donors (Lipinski definition) is 1. The molecular formula is C15H21FN2O2. The number of likely N-dealkylation sites (tertiary alicyclic amines) is 1. The van der Waals surface area contributed by atoms with Gasteiger partial charge in [-0.15, -0.1) is 0 Å². The molecule has 2 rings (SSSR count). The van der Waals surface area contributed by atoms with Crippen LogP contribution in [0.25, 0.3) is 0 Å². The third kappa shape index (κ3) is 3.10. The fourth-order valence-electron chi connectivity index (χ4n) is 2.67. The number of methoxy groups -OCH3 is 1. The molecule has 110 valence electrons. The van der Waals surface area contributed by atoms with Gasteiger partial charge >= 0.3 is 0 Å². The van der Waals surface area contributed by atoms with Crippen molar-refractivity contribution in [2.75, 3.05) is 27.2 Å². The number of carbonyl (C=O) groups is 1. The lowest BCUT2D eigenvalue weighted by Gasteiger charge is -2.35. The molecular weight excluding hydrogens is 259 g/mol. The molecule has 5 heteroatoms. The number of nitrogens with zero attached hydrogens (tertiary/aromatic N) is 1. The van der Waals surface area contributed by atoms with Crippen LogP contribution in [0.1, 0.15) is 29.6 Å². The molecule has 0 bridgehead atoms.